The molecule has 3 nitrogen and oxygen atoms in total. The van der Waals surface area contributed by atoms with Crippen LogP contribution in [0, 0.1) is 0 Å². The SMILES string of the molecule is COc1ccc(C[NH2+]CCc2cccc(OC)c2)cc1. The predicted octanol–water partition coefficient (Wildman–Crippen LogP) is 2.01. The van der Waals surface area contributed by atoms with Gasteiger partial charge in [-0.05, 0) is 42.0 Å². The summed E-state index contributed by atoms with van der Waals surface area (Å²) in [6.07, 6.45) is 1.05. The summed E-state index contributed by atoms with van der Waals surface area (Å²) in [5.41, 5.74) is 2.63. The van der Waals surface area contributed by atoms with Crippen LogP contribution in [0.5, 0.6) is 11.5 Å². The van der Waals surface area contributed by atoms with Crippen molar-refractivity contribution in [3.63, 3.8) is 0 Å². The van der Waals surface area contributed by atoms with Crippen LogP contribution in [0.3, 0.4) is 0 Å². The number of rotatable bonds is 7. The van der Waals surface area contributed by atoms with E-state index in [0.717, 1.165) is 31.0 Å². The van der Waals surface area contributed by atoms with E-state index in [2.05, 4.69) is 29.6 Å². The number of methoxy groups -OCH3 is 2. The molecule has 0 aliphatic carbocycles. The van der Waals surface area contributed by atoms with Gasteiger partial charge in [0.05, 0.1) is 20.8 Å². The van der Waals surface area contributed by atoms with E-state index in [1.807, 2.05) is 24.3 Å². The zero-order chi connectivity index (χ0) is 14.2. The van der Waals surface area contributed by atoms with E-state index in [1.54, 1.807) is 14.2 Å². The number of hydrogen-bond acceptors (Lipinski definition) is 2. The first kappa shape index (κ1) is 14.4. The molecule has 2 aromatic carbocycles. The van der Waals surface area contributed by atoms with Crippen LogP contribution < -0.4 is 14.8 Å². The molecular weight excluding hydrogens is 250 g/mol. The monoisotopic (exact) mass is 272 g/mol. The van der Waals surface area contributed by atoms with E-state index < -0.39 is 0 Å². The minimum Gasteiger partial charge on any atom is -0.497 e. The average molecular weight is 272 g/mol. The number of benzene rings is 2. The second kappa shape index (κ2) is 7.56. The minimum atomic E-state index is 0.908. The highest BCUT2D eigenvalue weighted by atomic mass is 16.5. The molecule has 0 atom stereocenters. The van der Waals surface area contributed by atoms with Gasteiger partial charge in [-0.3, -0.25) is 0 Å². The Labute approximate surface area is 120 Å². The van der Waals surface area contributed by atoms with Crippen molar-refractivity contribution >= 4 is 0 Å². The standard InChI is InChI=1S/C17H21NO2/c1-19-16-8-6-15(7-9-16)13-18-11-10-14-4-3-5-17(12-14)20-2/h3-9,12,18H,10-11,13H2,1-2H3/p+1. The van der Waals surface area contributed by atoms with Gasteiger partial charge in [0.1, 0.15) is 18.0 Å². The van der Waals surface area contributed by atoms with Crippen molar-refractivity contribution < 1.29 is 14.8 Å². The molecule has 106 valence electrons. The van der Waals surface area contributed by atoms with Crippen LogP contribution in [0.2, 0.25) is 0 Å². The van der Waals surface area contributed by atoms with Crippen molar-refractivity contribution in [3.05, 3.63) is 59.7 Å². The zero-order valence-corrected chi connectivity index (χ0v) is 12.1. The summed E-state index contributed by atoms with van der Waals surface area (Å²) in [6.45, 7) is 2.06. The van der Waals surface area contributed by atoms with Crippen LogP contribution in [0.25, 0.3) is 0 Å². The average Bonchev–Trinajstić information content (AvgIpc) is 2.52. The molecule has 0 saturated carbocycles. The molecule has 0 radical (unpaired) electrons. The third-order valence-corrected chi connectivity index (χ3v) is 3.31. The van der Waals surface area contributed by atoms with E-state index in [9.17, 15) is 0 Å². The highest BCUT2D eigenvalue weighted by Gasteiger charge is 1.99. The summed E-state index contributed by atoms with van der Waals surface area (Å²) in [4.78, 5) is 0. The van der Waals surface area contributed by atoms with Crippen molar-refractivity contribution in [1.82, 2.24) is 0 Å². The van der Waals surface area contributed by atoms with E-state index in [4.69, 9.17) is 9.47 Å². The Hall–Kier alpha value is -2.00. The number of hydrogen-bond donors (Lipinski definition) is 1. The van der Waals surface area contributed by atoms with Crippen molar-refractivity contribution in [1.29, 1.82) is 0 Å². The normalized spacial score (nSPS) is 10.3. The minimum absolute atomic E-state index is 0.908. The summed E-state index contributed by atoms with van der Waals surface area (Å²) in [5, 5.41) is 2.32. The quantitative estimate of drug-likeness (QED) is 0.783. The van der Waals surface area contributed by atoms with E-state index >= 15 is 0 Å². The first-order chi connectivity index (χ1) is 9.81. The second-order valence-electron chi connectivity index (χ2n) is 4.73. The van der Waals surface area contributed by atoms with Crippen LogP contribution in [0.4, 0.5) is 0 Å². The Kier molecular flexibility index (Phi) is 5.44. The topological polar surface area (TPSA) is 35.1 Å². The van der Waals surface area contributed by atoms with Gasteiger partial charge in [-0.2, -0.15) is 0 Å². The lowest BCUT2D eigenvalue weighted by molar-refractivity contribution is -0.670. The van der Waals surface area contributed by atoms with Gasteiger partial charge in [-0.25, -0.2) is 0 Å². The number of nitrogens with two attached hydrogens (primary N) is 1. The molecule has 0 unspecified atom stereocenters. The van der Waals surface area contributed by atoms with Gasteiger partial charge in [-0.15, -0.1) is 0 Å². The lowest BCUT2D eigenvalue weighted by atomic mass is 10.1. The van der Waals surface area contributed by atoms with E-state index in [0.29, 0.717) is 0 Å². The summed E-state index contributed by atoms with van der Waals surface area (Å²) in [7, 11) is 3.39. The van der Waals surface area contributed by atoms with Gasteiger partial charge in [0.2, 0.25) is 0 Å². The van der Waals surface area contributed by atoms with Gasteiger partial charge in [0.15, 0.2) is 0 Å². The highest BCUT2D eigenvalue weighted by molar-refractivity contribution is 5.28. The molecule has 0 saturated heterocycles. The molecule has 0 amide bonds. The second-order valence-corrected chi connectivity index (χ2v) is 4.73. The molecule has 0 aromatic heterocycles. The molecule has 0 heterocycles. The molecule has 0 bridgehead atoms. The Morgan fingerprint density at radius 3 is 2.30 bits per heavy atom. The molecule has 20 heavy (non-hydrogen) atoms. The molecule has 2 rings (SSSR count). The largest absolute Gasteiger partial charge is 0.497 e. The van der Waals surface area contributed by atoms with Crippen molar-refractivity contribution in [3.8, 4) is 11.5 Å². The van der Waals surface area contributed by atoms with Crippen molar-refractivity contribution in [2.75, 3.05) is 20.8 Å². The third kappa shape index (κ3) is 4.28. The van der Waals surface area contributed by atoms with Crippen molar-refractivity contribution in [2.45, 2.75) is 13.0 Å². The van der Waals surface area contributed by atoms with Crippen LogP contribution >= 0.6 is 0 Å². The molecule has 2 aromatic rings. The van der Waals surface area contributed by atoms with Crippen molar-refractivity contribution in [2.24, 2.45) is 0 Å². The van der Waals surface area contributed by atoms with Gasteiger partial charge >= 0.3 is 0 Å². The summed E-state index contributed by atoms with van der Waals surface area (Å²) in [6, 6.07) is 16.5. The maximum Gasteiger partial charge on any atom is 0.119 e. The molecule has 0 fully saturated rings. The molecule has 3 heteroatoms. The molecule has 0 aliphatic rings. The Morgan fingerprint density at radius 1 is 0.850 bits per heavy atom. The molecule has 2 N–H and O–H groups in total. The van der Waals surface area contributed by atoms with Gasteiger partial charge in [0.25, 0.3) is 0 Å². The van der Waals surface area contributed by atoms with E-state index in [-0.39, 0.29) is 0 Å². The van der Waals surface area contributed by atoms with Gasteiger partial charge < -0.3 is 14.8 Å². The summed E-state index contributed by atoms with van der Waals surface area (Å²) < 4.78 is 10.4. The Morgan fingerprint density at radius 2 is 1.60 bits per heavy atom. The summed E-state index contributed by atoms with van der Waals surface area (Å²) >= 11 is 0. The fourth-order valence-corrected chi connectivity index (χ4v) is 2.13. The highest BCUT2D eigenvalue weighted by Crippen LogP contribution is 2.12. The Balaban J connectivity index is 1.75. The third-order valence-electron chi connectivity index (χ3n) is 3.31. The summed E-state index contributed by atoms with van der Waals surface area (Å²) in [5.74, 6) is 1.84. The van der Waals surface area contributed by atoms with Gasteiger partial charge in [0, 0.05) is 12.0 Å². The predicted molar refractivity (Wildman–Crippen MR) is 80.2 cm³/mol. The first-order valence-electron chi connectivity index (χ1n) is 6.89. The molecule has 0 aliphatic heterocycles. The fourth-order valence-electron chi connectivity index (χ4n) is 2.13. The smallest absolute Gasteiger partial charge is 0.119 e. The number of quaternary nitrogens is 1. The maximum atomic E-state index is 5.23. The molecular formula is C17H22NO2+. The first-order valence-corrected chi connectivity index (χ1v) is 6.89. The maximum absolute atomic E-state index is 5.23. The zero-order valence-electron chi connectivity index (χ0n) is 12.1. The Bertz CT molecular complexity index is 523. The van der Waals surface area contributed by atoms with Crippen LogP contribution in [0.1, 0.15) is 11.1 Å². The number of ether oxygens (including phenoxy) is 2. The van der Waals surface area contributed by atoms with Crippen LogP contribution in [0.15, 0.2) is 48.5 Å². The van der Waals surface area contributed by atoms with Gasteiger partial charge in [-0.1, -0.05) is 12.1 Å². The van der Waals surface area contributed by atoms with Crippen LogP contribution in [-0.2, 0) is 13.0 Å². The van der Waals surface area contributed by atoms with E-state index in [1.165, 1.54) is 11.1 Å². The van der Waals surface area contributed by atoms with Crippen LogP contribution in [-0.4, -0.2) is 20.8 Å². The lowest BCUT2D eigenvalue weighted by Crippen LogP contribution is -2.83. The lowest BCUT2D eigenvalue weighted by Gasteiger charge is -2.05. The fraction of sp³-hybridized carbons (Fsp3) is 0.294. The molecule has 0 spiro atoms.